The smallest absolute Gasteiger partial charge is 0.109 e. The van der Waals surface area contributed by atoms with E-state index in [-0.39, 0.29) is 6.10 Å². The van der Waals surface area contributed by atoms with E-state index in [0.717, 1.165) is 18.0 Å². The van der Waals surface area contributed by atoms with Gasteiger partial charge in [-0.15, -0.1) is 11.3 Å². The maximum absolute atomic E-state index is 9.04. The van der Waals surface area contributed by atoms with Crippen LogP contribution in [0.25, 0.3) is 0 Å². The van der Waals surface area contributed by atoms with Gasteiger partial charge >= 0.3 is 0 Å². The second-order valence-corrected chi connectivity index (χ2v) is 4.11. The van der Waals surface area contributed by atoms with Crippen molar-refractivity contribution in [3.63, 3.8) is 0 Å². The summed E-state index contributed by atoms with van der Waals surface area (Å²) < 4.78 is 0. The van der Waals surface area contributed by atoms with Crippen molar-refractivity contribution in [3.05, 3.63) is 16.6 Å². The quantitative estimate of drug-likeness (QED) is 0.758. The molecule has 4 heteroatoms. The van der Waals surface area contributed by atoms with E-state index >= 15 is 0 Å². The molecule has 1 heterocycles. The van der Waals surface area contributed by atoms with Crippen LogP contribution in [-0.4, -0.2) is 22.7 Å². The molecule has 0 bridgehead atoms. The summed E-state index contributed by atoms with van der Waals surface area (Å²) in [5.41, 5.74) is 0. The first kappa shape index (κ1) is 10.6. The Hall–Kier alpha value is -0.450. The van der Waals surface area contributed by atoms with Crippen LogP contribution in [-0.2, 0) is 0 Å². The molecule has 0 aromatic carbocycles. The molecule has 0 radical (unpaired) electrons. The van der Waals surface area contributed by atoms with Gasteiger partial charge in [0.05, 0.1) is 12.1 Å². The van der Waals surface area contributed by atoms with E-state index in [1.54, 1.807) is 18.3 Å². The SMILES string of the molecule is C[C@@H](O)CCN[C@H](C)c1nccs1. The molecular formula is C9H16N2OS. The lowest BCUT2D eigenvalue weighted by Gasteiger charge is -2.11. The molecule has 0 saturated heterocycles. The number of nitrogens with zero attached hydrogens (tertiary/aromatic N) is 1. The van der Waals surface area contributed by atoms with E-state index in [1.807, 2.05) is 11.6 Å². The number of thiazole rings is 1. The van der Waals surface area contributed by atoms with Crippen molar-refractivity contribution in [2.45, 2.75) is 32.4 Å². The molecule has 0 aliphatic rings. The van der Waals surface area contributed by atoms with Crippen LogP contribution in [0.15, 0.2) is 11.6 Å². The van der Waals surface area contributed by atoms with Crippen LogP contribution >= 0.6 is 11.3 Å². The number of aromatic nitrogens is 1. The Morgan fingerprint density at radius 1 is 1.62 bits per heavy atom. The minimum atomic E-state index is -0.226. The third-order valence-corrected chi connectivity index (χ3v) is 2.79. The van der Waals surface area contributed by atoms with Crippen molar-refractivity contribution in [1.29, 1.82) is 0 Å². The lowest BCUT2D eigenvalue weighted by molar-refractivity contribution is 0.182. The number of hydrogen-bond donors (Lipinski definition) is 2. The molecule has 0 aliphatic heterocycles. The molecule has 0 spiro atoms. The Balaban J connectivity index is 2.22. The van der Waals surface area contributed by atoms with Crippen LogP contribution in [0, 0.1) is 0 Å². The Kier molecular flexibility index (Phi) is 4.35. The zero-order valence-electron chi connectivity index (χ0n) is 8.03. The molecular weight excluding hydrogens is 184 g/mol. The maximum Gasteiger partial charge on any atom is 0.109 e. The summed E-state index contributed by atoms with van der Waals surface area (Å²) in [5, 5.41) is 15.4. The first-order valence-electron chi connectivity index (χ1n) is 4.51. The number of hydrogen-bond acceptors (Lipinski definition) is 4. The standard InChI is InChI=1S/C9H16N2OS/c1-7(12)3-4-10-8(2)9-11-5-6-13-9/h5-8,10,12H,3-4H2,1-2H3/t7-,8-/m1/s1. The second-order valence-electron chi connectivity index (χ2n) is 3.18. The fourth-order valence-electron chi connectivity index (χ4n) is 1.04. The Morgan fingerprint density at radius 3 is 2.92 bits per heavy atom. The minimum absolute atomic E-state index is 0.226. The maximum atomic E-state index is 9.04. The Labute approximate surface area is 82.8 Å². The monoisotopic (exact) mass is 200 g/mol. The Morgan fingerprint density at radius 2 is 2.38 bits per heavy atom. The molecule has 0 amide bonds. The zero-order chi connectivity index (χ0) is 9.68. The predicted molar refractivity (Wildman–Crippen MR) is 54.8 cm³/mol. The fraction of sp³-hybridized carbons (Fsp3) is 0.667. The van der Waals surface area contributed by atoms with Gasteiger partial charge in [0.1, 0.15) is 5.01 Å². The fourth-order valence-corrected chi connectivity index (χ4v) is 1.71. The number of aliphatic hydroxyl groups is 1. The van der Waals surface area contributed by atoms with Gasteiger partial charge in [-0.2, -0.15) is 0 Å². The molecule has 0 unspecified atom stereocenters. The molecule has 1 aromatic rings. The summed E-state index contributed by atoms with van der Waals surface area (Å²) >= 11 is 1.65. The van der Waals surface area contributed by atoms with Gasteiger partial charge < -0.3 is 10.4 Å². The van der Waals surface area contributed by atoms with E-state index < -0.39 is 0 Å². The average molecular weight is 200 g/mol. The molecule has 0 aliphatic carbocycles. The normalized spacial score (nSPS) is 15.6. The van der Waals surface area contributed by atoms with E-state index in [9.17, 15) is 0 Å². The molecule has 74 valence electrons. The van der Waals surface area contributed by atoms with Crippen LogP contribution in [0.3, 0.4) is 0 Å². The van der Waals surface area contributed by atoms with Crippen LogP contribution in [0.1, 0.15) is 31.3 Å². The predicted octanol–water partition coefficient (Wildman–Crippen LogP) is 1.56. The lowest BCUT2D eigenvalue weighted by Crippen LogP contribution is -2.22. The van der Waals surface area contributed by atoms with Gasteiger partial charge in [-0.3, -0.25) is 0 Å². The van der Waals surface area contributed by atoms with Gasteiger partial charge in [-0.05, 0) is 26.8 Å². The van der Waals surface area contributed by atoms with Gasteiger partial charge in [0.25, 0.3) is 0 Å². The van der Waals surface area contributed by atoms with Crippen molar-refractivity contribution in [2.75, 3.05) is 6.54 Å². The van der Waals surface area contributed by atoms with Crippen molar-refractivity contribution < 1.29 is 5.11 Å². The zero-order valence-corrected chi connectivity index (χ0v) is 8.84. The summed E-state index contributed by atoms with van der Waals surface area (Å²) in [6, 6.07) is 0.291. The number of nitrogens with one attached hydrogen (secondary N) is 1. The Bertz CT molecular complexity index is 224. The van der Waals surface area contributed by atoms with Crippen molar-refractivity contribution in [1.82, 2.24) is 10.3 Å². The summed E-state index contributed by atoms with van der Waals surface area (Å²) in [5.74, 6) is 0. The van der Waals surface area contributed by atoms with Crippen LogP contribution in [0.5, 0.6) is 0 Å². The lowest BCUT2D eigenvalue weighted by atomic mass is 10.2. The van der Waals surface area contributed by atoms with Gasteiger partial charge in [0, 0.05) is 11.6 Å². The summed E-state index contributed by atoms with van der Waals surface area (Å²) in [6.45, 7) is 4.72. The number of rotatable bonds is 5. The summed E-state index contributed by atoms with van der Waals surface area (Å²) in [4.78, 5) is 4.21. The van der Waals surface area contributed by atoms with E-state index in [1.165, 1.54) is 0 Å². The third-order valence-electron chi connectivity index (χ3n) is 1.83. The van der Waals surface area contributed by atoms with Crippen LogP contribution in [0.2, 0.25) is 0 Å². The molecule has 1 aromatic heterocycles. The molecule has 3 nitrogen and oxygen atoms in total. The molecule has 0 saturated carbocycles. The van der Waals surface area contributed by atoms with Gasteiger partial charge in [-0.1, -0.05) is 0 Å². The first-order chi connectivity index (χ1) is 6.20. The second kappa shape index (κ2) is 5.32. The highest BCUT2D eigenvalue weighted by Crippen LogP contribution is 2.14. The van der Waals surface area contributed by atoms with E-state index in [4.69, 9.17) is 5.11 Å². The van der Waals surface area contributed by atoms with E-state index in [0.29, 0.717) is 6.04 Å². The van der Waals surface area contributed by atoms with Gasteiger partial charge in [0.2, 0.25) is 0 Å². The highest BCUT2D eigenvalue weighted by molar-refractivity contribution is 7.09. The summed E-state index contributed by atoms with van der Waals surface area (Å²) in [7, 11) is 0. The topological polar surface area (TPSA) is 45.1 Å². The highest BCUT2D eigenvalue weighted by Gasteiger charge is 2.06. The summed E-state index contributed by atoms with van der Waals surface area (Å²) in [6.07, 6.45) is 2.37. The molecule has 2 N–H and O–H groups in total. The van der Waals surface area contributed by atoms with Crippen LogP contribution in [0.4, 0.5) is 0 Å². The third kappa shape index (κ3) is 3.85. The van der Waals surface area contributed by atoms with Gasteiger partial charge in [-0.25, -0.2) is 4.98 Å². The molecule has 1 rings (SSSR count). The van der Waals surface area contributed by atoms with Crippen LogP contribution < -0.4 is 5.32 Å². The van der Waals surface area contributed by atoms with Gasteiger partial charge in [0.15, 0.2) is 0 Å². The average Bonchev–Trinajstić information content (AvgIpc) is 2.55. The van der Waals surface area contributed by atoms with E-state index in [2.05, 4.69) is 17.2 Å². The van der Waals surface area contributed by atoms with Crippen molar-refractivity contribution >= 4 is 11.3 Å². The largest absolute Gasteiger partial charge is 0.393 e. The number of aliphatic hydroxyl groups excluding tert-OH is 1. The first-order valence-corrected chi connectivity index (χ1v) is 5.39. The molecule has 13 heavy (non-hydrogen) atoms. The molecule has 0 fully saturated rings. The minimum Gasteiger partial charge on any atom is -0.393 e. The van der Waals surface area contributed by atoms with Crippen molar-refractivity contribution in [3.8, 4) is 0 Å². The molecule has 2 atom stereocenters. The van der Waals surface area contributed by atoms with Crippen molar-refractivity contribution in [2.24, 2.45) is 0 Å². The highest BCUT2D eigenvalue weighted by atomic mass is 32.1.